The van der Waals surface area contributed by atoms with E-state index in [2.05, 4.69) is 10.3 Å². The highest BCUT2D eigenvalue weighted by molar-refractivity contribution is 6.01. The number of pyridine rings is 1. The monoisotopic (exact) mass is 312 g/mol. The molecule has 0 atom stereocenters. The van der Waals surface area contributed by atoms with E-state index < -0.39 is 0 Å². The molecule has 1 aromatic heterocycles. The second-order valence-corrected chi connectivity index (χ2v) is 4.88. The van der Waals surface area contributed by atoms with E-state index in [9.17, 15) is 4.79 Å². The molecule has 0 radical (unpaired) electrons. The van der Waals surface area contributed by atoms with Crippen LogP contribution >= 0.6 is 0 Å². The summed E-state index contributed by atoms with van der Waals surface area (Å²) >= 11 is 0. The highest BCUT2D eigenvalue weighted by Gasteiger charge is 2.04. The quantitative estimate of drug-likeness (QED) is 0.830. The number of hydrogen-bond donors (Lipinski definition) is 1. The zero-order chi connectivity index (χ0) is 16.7. The van der Waals surface area contributed by atoms with Gasteiger partial charge in [0.2, 0.25) is 5.91 Å². The van der Waals surface area contributed by atoms with Crippen LogP contribution in [0.3, 0.4) is 0 Å². The molecule has 120 valence electrons. The molecule has 23 heavy (non-hydrogen) atoms. The first kappa shape index (κ1) is 16.5. The van der Waals surface area contributed by atoms with E-state index in [1.165, 1.54) is 6.08 Å². The molecule has 0 saturated carbocycles. The lowest BCUT2D eigenvalue weighted by Crippen LogP contribution is -2.09. The first-order valence-electron chi connectivity index (χ1n) is 7.35. The summed E-state index contributed by atoms with van der Waals surface area (Å²) in [6.07, 6.45) is 4.83. The average Bonchev–Trinajstić information content (AvgIpc) is 2.53. The number of ether oxygens (including phenoxy) is 2. The van der Waals surface area contributed by atoms with Crippen LogP contribution in [-0.4, -0.2) is 24.6 Å². The van der Waals surface area contributed by atoms with Gasteiger partial charge in [-0.1, -0.05) is 6.07 Å². The van der Waals surface area contributed by atoms with Gasteiger partial charge < -0.3 is 14.8 Å². The van der Waals surface area contributed by atoms with Crippen LogP contribution in [0.15, 0.2) is 42.6 Å². The van der Waals surface area contributed by atoms with Gasteiger partial charge in [0.1, 0.15) is 5.82 Å². The van der Waals surface area contributed by atoms with Crippen LogP contribution in [0, 0.1) is 6.92 Å². The van der Waals surface area contributed by atoms with Gasteiger partial charge >= 0.3 is 0 Å². The predicted octanol–water partition coefficient (Wildman–Crippen LogP) is 3.45. The van der Waals surface area contributed by atoms with Gasteiger partial charge in [-0.15, -0.1) is 0 Å². The molecule has 0 saturated heterocycles. The normalized spacial score (nSPS) is 10.6. The van der Waals surface area contributed by atoms with Crippen molar-refractivity contribution >= 4 is 17.8 Å². The minimum Gasteiger partial charge on any atom is -0.493 e. The number of anilines is 1. The van der Waals surface area contributed by atoms with Crippen molar-refractivity contribution in [3.8, 4) is 11.5 Å². The number of aryl methyl sites for hydroxylation is 1. The average molecular weight is 312 g/mol. The van der Waals surface area contributed by atoms with Crippen molar-refractivity contribution in [1.82, 2.24) is 4.98 Å². The van der Waals surface area contributed by atoms with Crippen LogP contribution in [0.1, 0.15) is 18.1 Å². The zero-order valence-electron chi connectivity index (χ0n) is 13.5. The van der Waals surface area contributed by atoms with Gasteiger partial charge in [0.25, 0.3) is 0 Å². The fourth-order valence-corrected chi connectivity index (χ4v) is 2.01. The largest absolute Gasteiger partial charge is 0.493 e. The summed E-state index contributed by atoms with van der Waals surface area (Å²) in [5.74, 6) is 1.61. The Morgan fingerprint density at radius 2 is 2.09 bits per heavy atom. The standard InChI is InChI=1S/C18H20N2O3/c1-4-23-16-12-14(5-7-15(16)22-3)6-8-18(21)20-17-11-13(2)9-10-19-17/h5-12H,4H2,1-3H3,(H,19,20,21)/b8-6+. The molecule has 1 amide bonds. The fraction of sp³-hybridized carbons (Fsp3) is 0.222. The zero-order valence-corrected chi connectivity index (χ0v) is 13.5. The molecule has 0 unspecified atom stereocenters. The first-order valence-corrected chi connectivity index (χ1v) is 7.35. The van der Waals surface area contributed by atoms with E-state index in [-0.39, 0.29) is 5.91 Å². The van der Waals surface area contributed by atoms with E-state index in [4.69, 9.17) is 9.47 Å². The lowest BCUT2D eigenvalue weighted by atomic mass is 10.2. The molecule has 0 aliphatic heterocycles. The molecule has 2 aromatic rings. The topological polar surface area (TPSA) is 60.5 Å². The number of methoxy groups -OCH3 is 1. The summed E-state index contributed by atoms with van der Waals surface area (Å²) in [5, 5.41) is 2.72. The third-order valence-electron chi connectivity index (χ3n) is 3.08. The minimum absolute atomic E-state index is 0.239. The minimum atomic E-state index is -0.239. The lowest BCUT2D eigenvalue weighted by Gasteiger charge is -2.09. The van der Waals surface area contributed by atoms with Gasteiger partial charge in [-0.2, -0.15) is 0 Å². The summed E-state index contributed by atoms with van der Waals surface area (Å²) in [7, 11) is 1.59. The van der Waals surface area contributed by atoms with Crippen LogP contribution in [0.25, 0.3) is 6.08 Å². The van der Waals surface area contributed by atoms with Gasteiger partial charge in [-0.05, 0) is 55.3 Å². The Kier molecular flexibility index (Phi) is 5.74. The number of carbonyl (C=O) groups excluding carboxylic acids is 1. The lowest BCUT2D eigenvalue weighted by molar-refractivity contribution is -0.111. The van der Waals surface area contributed by atoms with E-state index in [1.54, 1.807) is 19.4 Å². The van der Waals surface area contributed by atoms with Crippen molar-refractivity contribution in [3.05, 3.63) is 53.7 Å². The number of benzene rings is 1. The number of hydrogen-bond acceptors (Lipinski definition) is 4. The predicted molar refractivity (Wildman–Crippen MR) is 90.8 cm³/mol. The van der Waals surface area contributed by atoms with Crippen LogP contribution in [0.4, 0.5) is 5.82 Å². The molecule has 2 rings (SSSR count). The molecule has 1 heterocycles. The van der Waals surface area contributed by atoms with Gasteiger partial charge in [0.15, 0.2) is 11.5 Å². The Hall–Kier alpha value is -2.82. The molecule has 0 aliphatic rings. The van der Waals surface area contributed by atoms with Gasteiger partial charge in [-0.3, -0.25) is 4.79 Å². The Labute approximate surface area is 136 Å². The summed E-state index contributed by atoms with van der Waals surface area (Å²) in [6.45, 7) is 4.40. The van der Waals surface area contributed by atoms with Gasteiger partial charge in [0.05, 0.1) is 13.7 Å². The SMILES string of the molecule is CCOc1cc(/C=C/C(=O)Nc2cc(C)ccn2)ccc1OC. The van der Waals surface area contributed by atoms with E-state index in [0.717, 1.165) is 11.1 Å². The van der Waals surface area contributed by atoms with E-state index >= 15 is 0 Å². The third kappa shape index (κ3) is 4.85. The number of nitrogens with one attached hydrogen (secondary N) is 1. The molecular formula is C18H20N2O3. The Balaban J connectivity index is 2.07. The molecule has 0 aliphatic carbocycles. The van der Waals surface area contributed by atoms with Crippen LogP contribution in [0.5, 0.6) is 11.5 Å². The maximum Gasteiger partial charge on any atom is 0.249 e. The van der Waals surface area contributed by atoms with Crippen LogP contribution in [0.2, 0.25) is 0 Å². The molecule has 5 nitrogen and oxygen atoms in total. The molecular weight excluding hydrogens is 292 g/mol. The van der Waals surface area contributed by atoms with Crippen molar-refractivity contribution in [2.75, 3.05) is 19.0 Å². The molecule has 1 aromatic carbocycles. The van der Waals surface area contributed by atoms with Crippen molar-refractivity contribution in [3.63, 3.8) is 0 Å². The van der Waals surface area contributed by atoms with Crippen LogP contribution in [-0.2, 0) is 4.79 Å². The maximum atomic E-state index is 11.9. The fourth-order valence-electron chi connectivity index (χ4n) is 2.01. The highest BCUT2D eigenvalue weighted by atomic mass is 16.5. The third-order valence-corrected chi connectivity index (χ3v) is 3.08. The Bertz CT molecular complexity index is 711. The van der Waals surface area contributed by atoms with Gasteiger partial charge in [0, 0.05) is 12.3 Å². The first-order chi connectivity index (χ1) is 11.1. The number of amides is 1. The summed E-state index contributed by atoms with van der Waals surface area (Å²) in [5.41, 5.74) is 1.89. The molecule has 1 N–H and O–H groups in total. The summed E-state index contributed by atoms with van der Waals surface area (Å²) < 4.78 is 10.7. The Morgan fingerprint density at radius 1 is 1.26 bits per heavy atom. The summed E-state index contributed by atoms with van der Waals surface area (Å²) in [4.78, 5) is 16.0. The highest BCUT2D eigenvalue weighted by Crippen LogP contribution is 2.28. The Morgan fingerprint density at radius 3 is 2.78 bits per heavy atom. The molecule has 0 bridgehead atoms. The number of aromatic nitrogens is 1. The van der Waals surface area contributed by atoms with E-state index in [0.29, 0.717) is 23.9 Å². The molecule has 0 spiro atoms. The second kappa shape index (κ2) is 7.98. The van der Waals surface area contributed by atoms with Crippen molar-refractivity contribution in [2.45, 2.75) is 13.8 Å². The second-order valence-electron chi connectivity index (χ2n) is 4.88. The summed E-state index contributed by atoms with van der Waals surface area (Å²) in [6, 6.07) is 9.18. The molecule has 0 fully saturated rings. The van der Waals surface area contributed by atoms with Crippen LogP contribution < -0.4 is 14.8 Å². The molecule has 5 heteroatoms. The van der Waals surface area contributed by atoms with E-state index in [1.807, 2.05) is 44.2 Å². The maximum absolute atomic E-state index is 11.9. The van der Waals surface area contributed by atoms with Crippen molar-refractivity contribution in [2.24, 2.45) is 0 Å². The van der Waals surface area contributed by atoms with Crippen molar-refractivity contribution < 1.29 is 14.3 Å². The number of nitrogens with zero attached hydrogens (tertiary/aromatic N) is 1. The van der Waals surface area contributed by atoms with Crippen molar-refractivity contribution in [1.29, 1.82) is 0 Å². The number of carbonyl (C=O) groups is 1. The smallest absolute Gasteiger partial charge is 0.249 e. The van der Waals surface area contributed by atoms with Gasteiger partial charge in [-0.25, -0.2) is 4.98 Å². The number of rotatable bonds is 6.